The average Bonchev–Trinajstić information content (AvgIpc) is 2.89. The van der Waals surface area contributed by atoms with Crippen molar-refractivity contribution in [1.29, 1.82) is 0 Å². The monoisotopic (exact) mass is 290 g/mol. The van der Waals surface area contributed by atoms with Crippen LogP contribution in [0.15, 0.2) is 53.7 Å². The number of alkyl halides is 3. The summed E-state index contributed by atoms with van der Waals surface area (Å²) in [5, 5.41) is 3.63. The van der Waals surface area contributed by atoms with E-state index in [0.717, 1.165) is 23.0 Å². The largest absolute Gasteiger partial charge is 0.416 e. The minimum absolute atomic E-state index is 0.306. The van der Waals surface area contributed by atoms with Gasteiger partial charge in [-0.25, -0.2) is 0 Å². The Labute approximate surface area is 117 Å². The molecular weight excluding hydrogens is 281 g/mol. The molecule has 0 spiro atoms. The highest BCUT2D eigenvalue weighted by molar-refractivity contribution is 5.88. The van der Waals surface area contributed by atoms with Crippen LogP contribution in [0.1, 0.15) is 5.56 Å². The highest BCUT2D eigenvalue weighted by Gasteiger charge is 2.29. The number of fused-ring (bicyclic) bond motifs is 1. The van der Waals surface area contributed by atoms with E-state index in [9.17, 15) is 18.1 Å². The van der Waals surface area contributed by atoms with Crippen molar-refractivity contribution in [2.24, 2.45) is 5.18 Å². The van der Waals surface area contributed by atoms with Gasteiger partial charge in [0, 0.05) is 16.6 Å². The lowest BCUT2D eigenvalue weighted by molar-refractivity contribution is -0.137. The second kappa shape index (κ2) is 4.73. The van der Waals surface area contributed by atoms with Crippen LogP contribution in [0, 0.1) is 4.91 Å². The fourth-order valence-corrected chi connectivity index (χ4v) is 2.17. The van der Waals surface area contributed by atoms with Gasteiger partial charge in [-0.1, -0.05) is 12.1 Å². The number of aromatic nitrogens is 1. The summed E-state index contributed by atoms with van der Waals surface area (Å²) in [6.45, 7) is 0. The zero-order valence-corrected chi connectivity index (χ0v) is 10.6. The maximum absolute atomic E-state index is 12.5. The van der Waals surface area contributed by atoms with Crippen LogP contribution < -0.4 is 0 Å². The van der Waals surface area contributed by atoms with Gasteiger partial charge in [0.05, 0.1) is 5.56 Å². The lowest BCUT2D eigenvalue weighted by Gasteiger charge is -2.06. The van der Waals surface area contributed by atoms with Crippen molar-refractivity contribution in [2.75, 3.05) is 0 Å². The lowest BCUT2D eigenvalue weighted by Crippen LogP contribution is -2.03. The summed E-state index contributed by atoms with van der Waals surface area (Å²) < 4.78 is 37.6. The molecule has 0 atom stereocenters. The highest BCUT2D eigenvalue weighted by atomic mass is 19.4. The van der Waals surface area contributed by atoms with Crippen LogP contribution in [0.3, 0.4) is 0 Å². The average molecular weight is 290 g/mol. The lowest BCUT2D eigenvalue weighted by atomic mass is 10.1. The summed E-state index contributed by atoms with van der Waals surface area (Å²) in [6.07, 6.45) is -4.34. The normalized spacial score (nSPS) is 11.8. The van der Waals surface area contributed by atoms with E-state index in [1.165, 1.54) is 12.1 Å². The van der Waals surface area contributed by atoms with Crippen molar-refractivity contribution in [1.82, 2.24) is 4.98 Å². The van der Waals surface area contributed by atoms with Gasteiger partial charge in [-0.05, 0) is 47.1 Å². The summed E-state index contributed by atoms with van der Waals surface area (Å²) in [4.78, 5) is 13.6. The topological polar surface area (TPSA) is 45.2 Å². The van der Waals surface area contributed by atoms with Crippen molar-refractivity contribution in [3.05, 3.63) is 59.0 Å². The summed E-state index contributed by atoms with van der Waals surface area (Å²) in [6, 6.07) is 11.6. The van der Waals surface area contributed by atoms with Crippen LogP contribution in [0.25, 0.3) is 22.2 Å². The molecule has 0 unspecified atom stereocenters. The van der Waals surface area contributed by atoms with Gasteiger partial charge < -0.3 is 4.98 Å². The Kier molecular flexibility index (Phi) is 3.01. The quantitative estimate of drug-likeness (QED) is 0.643. The molecule has 3 aromatic rings. The molecule has 106 valence electrons. The molecule has 3 rings (SSSR count). The molecule has 3 nitrogen and oxygen atoms in total. The van der Waals surface area contributed by atoms with Crippen LogP contribution in [-0.4, -0.2) is 4.98 Å². The van der Waals surface area contributed by atoms with Crippen LogP contribution in [0.4, 0.5) is 18.9 Å². The van der Waals surface area contributed by atoms with E-state index in [4.69, 9.17) is 0 Å². The third kappa shape index (κ3) is 2.52. The van der Waals surface area contributed by atoms with Crippen molar-refractivity contribution >= 4 is 16.6 Å². The first kappa shape index (κ1) is 13.4. The fourth-order valence-electron chi connectivity index (χ4n) is 2.17. The number of rotatable bonds is 2. The SMILES string of the molecule is O=Nc1ccc2[nH]c(-c3ccc(C(F)(F)F)cc3)cc2c1. The number of H-pyrrole nitrogens is 1. The van der Waals surface area contributed by atoms with Crippen molar-refractivity contribution < 1.29 is 13.2 Å². The van der Waals surface area contributed by atoms with Crippen LogP contribution in [0.5, 0.6) is 0 Å². The van der Waals surface area contributed by atoms with Crippen LogP contribution >= 0.6 is 0 Å². The minimum Gasteiger partial charge on any atom is -0.355 e. The molecule has 0 aliphatic carbocycles. The first-order valence-corrected chi connectivity index (χ1v) is 6.11. The smallest absolute Gasteiger partial charge is 0.355 e. The van der Waals surface area contributed by atoms with E-state index in [2.05, 4.69) is 10.2 Å². The van der Waals surface area contributed by atoms with Gasteiger partial charge in [-0.2, -0.15) is 13.2 Å². The fraction of sp³-hybridized carbons (Fsp3) is 0.0667. The van der Waals surface area contributed by atoms with E-state index in [0.29, 0.717) is 16.9 Å². The van der Waals surface area contributed by atoms with Gasteiger partial charge in [0.25, 0.3) is 0 Å². The Morgan fingerprint density at radius 2 is 1.67 bits per heavy atom. The first-order valence-electron chi connectivity index (χ1n) is 6.11. The standard InChI is InChI=1S/C15H9F3N2O/c16-15(17,18)11-3-1-9(2-4-11)14-8-10-7-12(20-21)5-6-13(10)19-14/h1-8,19H. The Bertz CT molecular complexity index is 804. The van der Waals surface area contributed by atoms with Gasteiger partial charge in [-0.3, -0.25) is 0 Å². The predicted octanol–water partition coefficient (Wildman–Crippen LogP) is 5.25. The molecule has 1 N–H and O–H groups in total. The second-order valence-electron chi connectivity index (χ2n) is 4.62. The van der Waals surface area contributed by atoms with Gasteiger partial charge in [0.2, 0.25) is 0 Å². The van der Waals surface area contributed by atoms with Gasteiger partial charge in [0.15, 0.2) is 0 Å². The molecule has 2 aromatic carbocycles. The Balaban J connectivity index is 2.02. The molecule has 1 aromatic heterocycles. The molecule has 0 aliphatic rings. The Morgan fingerprint density at radius 3 is 2.29 bits per heavy atom. The van der Waals surface area contributed by atoms with Gasteiger partial charge in [0.1, 0.15) is 5.69 Å². The second-order valence-corrected chi connectivity index (χ2v) is 4.62. The summed E-state index contributed by atoms with van der Waals surface area (Å²) >= 11 is 0. The van der Waals surface area contributed by atoms with E-state index >= 15 is 0 Å². The van der Waals surface area contributed by atoms with Crippen LogP contribution in [0.2, 0.25) is 0 Å². The number of benzene rings is 2. The Hall–Kier alpha value is -2.63. The molecule has 21 heavy (non-hydrogen) atoms. The molecule has 0 saturated carbocycles. The summed E-state index contributed by atoms with van der Waals surface area (Å²) in [5.41, 5.74) is 1.73. The maximum Gasteiger partial charge on any atom is 0.416 e. The van der Waals surface area contributed by atoms with Gasteiger partial charge in [-0.15, -0.1) is 4.91 Å². The number of aromatic amines is 1. The number of nitrogens with zero attached hydrogens (tertiary/aromatic N) is 1. The number of hydrogen-bond donors (Lipinski definition) is 1. The molecule has 6 heteroatoms. The molecule has 0 fully saturated rings. The van der Waals surface area contributed by atoms with Crippen molar-refractivity contribution in [2.45, 2.75) is 6.18 Å². The Morgan fingerprint density at radius 1 is 0.952 bits per heavy atom. The highest BCUT2D eigenvalue weighted by Crippen LogP contribution is 2.32. The predicted molar refractivity (Wildman–Crippen MR) is 74.2 cm³/mol. The maximum atomic E-state index is 12.5. The van der Waals surface area contributed by atoms with Crippen molar-refractivity contribution in [3.63, 3.8) is 0 Å². The summed E-state index contributed by atoms with van der Waals surface area (Å²) in [7, 11) is 0. The van der Waals surface area contributed by atoms with E-state index in [1.54, 1.807) is 24.3 Å². The number of halogens is 3. The van der Waals surface area contributed by atoms with E-state index < -0.39 is 11.7 Å². The molecule has 1 heterocycles. The molecule has 0 amide bonds. The zero-order valence-electron chi connectivity index (χ0n) is 10.6. The molecular formula is C15H9F3N2O. The van der Waals surface area contributed by atoms with Gasteiger partial charge >= 0.3 is 6.18 Å². The summed E-state index contributed by atoms with van der Waals surface area (Å²) in [5.74, 6) is 0. The minimum atomic E-state index is -4.34. The molecule has 0 aliphatic heterocycles. The number of hydrogen-bond acceptors (Lipinski definition) is 2. The third-order valence-corrected chi connectivity index (χ3v) is 3.23. The molecule has 0 bridgehead atoms. The molecule has 0 saturated heterocycles. The zero-order chi connectivity index (χ0) is 15.0. The van der Waals surface area contributed by atoms with E-state index in [-0.39, 0.29) is 0 Å². The molecule has 0 radical (unpaired) electrons. The number of nitroso groups, excluding NO2 is 1. The first-order chi connectivity index (χ1) is 9.97. The van der Waals surface area contributed by atoms with Crippen LogP contribution in [-0.2, 0) is 6.18 Å². The third-order valence-electron chi connectivity index (χ3n) is 3.23. The van der Waals surface area contributed by atoms with Crippen molar-refractivity contribution in [3.8, 4) is 11.3 Å². The van der Waals surface area contributed by atoms with E-state index in [1.807, 2.05) is 0 Å². The number of nitrogens with one attached hydrogen (secondary N) is 1.